The van der Waals surface area contributed by atoms with E-state index in [4.69, 9.17) is 0 Å². The van der Waals surface area contributed by atoms with Crippen LogP contribution in [0, 0.1) is 17.7 Å². The number of anilines is 1. The van der Waals surface area contributed by atoms with Crippen LogP contribution in [0.2, 0.25) is 0 Å². The topological polar surface area (TPSA) is 143 Å². The molecule has 10 nitrogen and oxygen atoms in total. The van der Waals surface area contributed by atoms with E-state index in [0.717, 1.165) is 12.0 Å². The zero-order valence-electron chi connectivity index (χ0n) is 21.2. The highest BCUT2D eigenvalue weighted by atomic mass is 19.4. The fraction of sp³-hybridized carbons (Fsp3) is 0.542. The minimum absolute atomic E-state index is 0.270. The van der Waals surface area contributed by atoms with Crippen molar-refractivity contribution >= 4 is 35.1 Å². The Labute approximate surface area is 217 Å². The van der Waals surface area contributed by atoms with Crippen molar-refractivity contribution in [3.8, 4) is 0 Å². The first-order chi connectivity index (χ1) is 17.7. The van der Waals surface area contributed by atoms with Gasteiger partial charge in [0.25, 0.3) is 0 Å². The molecular weight excluding hydrogens is 516 g/mol. The molecule has 0 aromatic heterocycles. The van der Waals surface area contributed by atoms with Crippen LogP contribution >= 0.6 is 0 Å². The number of halogens is 4. The number of ether oxygens (including phenoxy) is 1. The largest absolute Gasteiger partial charge is 0.522 e. The van der Waals surface area contributed by atoms with E-state index >= 15 is 0 Å². The zero-order valence-corrected chi connectivity index (χ0v) is 21.2. The first-order valence-corrected chi connectivity index (χ1v) is 11.8. The predicted octanol–water partition coefficient (Wildman–Crippen LogP) is 2.05. The van der Waals surface area contributed by atoms with Gasteiger partial charge in [-0.05, 0) is 37.3 Å². The summed E-state index contributed by atoms with van der Waals surface area (Å²) in [7, 11) is 0. The lowest BCUT2D eigenvalue weighted by atomic mass is 9.90. The van der Waals surface area contributed by atoms with Crippen LogP contribution in [0.4, 0.5) is 23.2 Å². The molecule has 38 heavy (non-hydrogen) atoms. The quantitative estimate of drug-likeness (QED) is 0.275. The summed E-state index contributed by atoms with van der Waals surface area (Å²) < 4.78 is 53.9. The average Bonchev–Trinajstić information content (AvgIpc) is 2.82. The highest BCUT2D eigenvalue weighted by Crippen LogP contribution is 2.20. The minimum Gasteiger partial charge on any atom is -0.356 e. The van der Waals surface area contributed by atoms with Crippen molar-refractivity contribution < 1.29 is 46.3 Å². The van der Waals surface area contributed by atoms with Crippen molar-refractivity contribution in [2.45, 2.75) is 52.4 Å². The fourth-order valence-corrected chi connectivity index (χ4v) is 3.10. The molecule has 1 aromatic rings. The number of hydrogen-bond donors (Lipinski definition) is 4. The Balaban J connectivity index is 0.00000168. The summed E-state index contributed by atoms with van der Waals surface area (Å²) in [5, 5.41) is 8.66. The maximum Gasteiger partial charge on any atom is 0.522 e. The Bertz CT molecular complexity index is 984. The Morgan fingerprint density at radius 2 is 1.74 bits per heavy atom. The van der Waals surface area contributed by atoms with Gasteiger partial charge in [0, 0.05) is 12.5 Å². The lowest BCUT2D eigenvalue weighted by Gasteiger charge is -2.26. The molecule has 2 atom stereocenters. The molecule has 2 unspecified atom stereocenters. The molecule has 1 aliphatic heterocycles. The number of carbonyl (C=O) groups excluding carboxylic acids is 5. The van der Waals surface area contributed by atoms with Gasteiger partial charge >= 0.3 is 18.2 Å². The second kappa shape index (κ2) is 15.6. The van der Waals surface area contributed by atoms with E-state index in [9.17, 15) is 41.5 Å². The van der Waals surface area contributed by atoms with Crippen molar-refractivity contribution in [3.63, 3.8) is 0 Å². The molecule has 0 aliphatic carbocycles. The van der Waals surface area contributed by atoms with Gasteiger partial charge in [-0.25, -0.2) is 4.39 Å². The Morgan fingerprint density at radius 3 is 2.32 bits per heavy atom. The molecule has 1 aromatic carbocycles. The summed E-state index contributed by atoms with van der Waals surface area (Å²) in [6, 6.07) is 3.52. The van der Waals surface area contributed by atoms with Gasteiger partial charge in [-0.3, -0.25) is 28.7 Å². The van der Waals surface area contributed by atoms with Crippen LogP contribution < -0.4 is 21.3 Å². The molecule has 1 heterocycles. The van der Waals surface area contributed by atoms with E-state index in [1.54, 1.807) is 0 Å². The molecule has 0 saturated carbocycles. The lowest BCUT2D eigenvalue weighted by molar-refractivity contribution is -0.321. The number of benzene rings is 1. The van der Waals surface area contributed by atoms with E-state index in [1.807, 2.05) is 10.6 Å². The highest BCUT2D eigenvalue weighted by Gasteiger charge is 2.34. The van der Waals surface area contributed by atoms with Crippen LogP contribution in [0.1, 0.15) is 40.0 Å². The Kier molecular flexibility index (Phi) is 13.4. The molecular formula is C24H32F4N4O6. The second-order valence-corrected chi connectivity index (χ2v) is 9.04. The van der Waals surface area contributed by atoms with Crippen LogP contribution in [-0.4, -0.2) is 61.5 Å². The van der Waals surface area contributed by atoms with Gasteiger partial charge in [0.2, 0.25) is 11.8 Å². The molecule has 0 spiro atoms. The third-order valence-corrected chi connectivity index (χ3v) is 4.76. The van der Waals surface area contributed by atoms with Gasteiger partial charge in [0.15, 0.2) is 5.78 Å². The molecule has 1 aliphatic rings. The number of carbonyl (C=O) groups is 5. The third kappa shape index (κ3) is 13.1. The van der Waals surface area contributed by atoms with Crippen LogP contribution in [0.3, 0.4) is 0 Å². The molecule has 4 N–H and O–H groups in total. The van der Waals surface area contributed by atoms with Gasteiger partial charge in [0.05, 0.1) is 18.3 Å². The van der Waals surface area contributed by atoms with Gasteiger partial charge in [0.1, 0.15) is 12.4 Å². The van der Waals surface area contributed by atoms with Crippen molar-refractivity contribution in [2.75, 3.05) is 25.0 Å². The minimum atomic E-state index is -5.08. The van der Waals surface area contributed by atoms with E-state index in [1.165, 1.54) is 18.2 Å². The van der Waals surface area contributed by atoms with E-state index < -0.39 is 66.7 Å². The van der Waals surface area contributed by atoms with Crippen LogP contribution in [0.15, 0.2) is 24.3 Å². The number of rotatable bonds is 9. The van der Waals surface area contributed by atoms with Gasteiger partial charge in [-0.2, -0.15) is 0 Å². The van der Waals surface area contributed by atoms with Crippen molar-refractivity contribution in [2.24, 2.45) is 11.8 Å². The number of Topliss-reactive ketones (excluding diaryl/α,β-unsaturated/α-hetero) is 1. The molecule has 0 bridgehead atoms. The fourth-order valence-electron chi connectivity index (χ4n) is 3.10. The highest BCUT2D eigenvalue weighted by molar-refractivity contribution is 6.39. The van der Waals surface area contributed by atoms with E-state index in [0.29, 0.717) is 19.4 Å². The molecule has 2 rings (SSSR count). The summed E-state index contributed by atoms with van der Waals surface area (Å²) in [5.74, 6) is -5.81. The molecule has 14 heteroatoms. The number of alkyl halides is 3. The Morgan fingerprint density at radius 1 is 1.11 bits per heavy atom. The van der Waals surface area contributed by atoms with Crippen molar-refractivity contribution in [1.29, 1.82) is 0 Å². The number of piperidine rings is 1. The molecule has 1 fully saturated rings. The average molecular weight is 549 g/mol. The first-order valence-electron chi connectivity index (χ1n) is 11.8. The molecule has 0 radical (unpaired) electrons. The normalized spacial score (nSPS) is 15.9. The molecule has 4 amide bonds. The monoisotopic (exact) mass is 548 g/mol. The summed E-state index contributed by atoms with van der Waals surface area (Å²) >= 11 is 0. The number of nitrogens with one attached hydrogen (secondary N) is 4. The van der Waals surface area contributed by atoms with Crippen molar-refractivity contribution in [3.05, 3.63) is 30.1 Å². The number of ketones is 1. The van der Waals surface area contributed by atoms with Crippen LogP contribution in [0.5, 0.6) is 0 Å². The molecule has 1 saturated heterocycles. The smallest absolute Gasteiger partial charge is 0.356 e. The third-order valence-electron chi connectivity index (χ3n) is 4.76. The van der Waals surface area contributed by atoms with Gasteiger partial charge < -0.3 is 21.3 Å². The standard InChI is InChI=1S/C20H22F4N4O6.C4H10/c21-12-5-1-2-6-13(12)28-19(33)18(32)26-9-16(30)27-14(15(29)10-34-20(22,23)24)8-11-4-3-7-25-17(11)31;1-4(2)3/h1-2,5-6,11,14H,3-4,7-10H2,(H,25,31)(H,26,32)(H,27,30)(H,28,33);4H,1-3H3. The summed E-state index contributed by atoms with van der Waals surface area (Å²) in [4.78, 5) is 60.1. The summed E-state index contributed by atoms with van der Waals surface area (Å²) in [5.41, 5.74) is -0.270. The predicted molar refractivity (Wildman–Crippen MR) is 128 cm³/mol. The van der Waals surface area contributed by atoms with Crippen LogP contribution in [0.25, 0.3) is 0 Å². The van der Waals surface area contributed by atoms with Gasteiger partial charge in [-0.15, -0.1) is 13.2 Å². The van der Waals surface area contributed by atoms with Crippen LogP contribution in [-0.2, 0) is 28.7 Å². The van der Waals surface area contributed by atoms with E-state index in [2.05, 4.69) is 36.1 Å². The Hall–Kier alpha value is -3.55. The summed E-state index contributed by atoms with van der Waals surface area (Å²) in [6.45, 7) is 4.71. The maximum absolute atomic E-state index is 13.6. The number of amides is 4. The first kappa shape index (κ1) is 32.5. The van der Waals surface area contributed by atoms with Gasteiger partial charge in [-0.1, -0.05) is 32.9 Å². The SMILES string of the molecule is CC(C)C.O=C(CNC(=O)C(=O)Nc1ccccc1F)NC(CC1CCCNC1=O)C(=O)COC(F)(F)F. The van der Waals surface area contributed by atoms with E-state index in [-0.39, 0.29) is 12.1 Å². The number of hydrogen-bond acceptors (Lipinski definition) is 6. The zero-order chi connectivity index (χ0) is 28.9. The molecule has 212 valence electrons. The maximum atomic E-state index is 13.6. The summed E-state index contributed by atoms with van der Waals surface area (Å²) in [6.07, 6.45) is -4.42. The lowest BCUT2D eigenvalue weighted by Crippen LogP contribution is -2.50. The number of para-hydroxylation sites is 1. The van der Waals surface area contributed by atoms with Crippen molar-refractivity contribution in [1.82, 2.24) is 16.0 Å². The second-order valence-electron chi connectivity index (χ2n) is 9.04.